The van der Waals surface area contributed by atoms with E-state index in [2.05, 4.69) is 27.0 Å². The van der Waals surface area contributed by atoms with E-state index in [9.17, 15) is 4.79 Å². The van der Waals surface area contributed by atoms with Crippen LogP contribution in [0.5, 0.6) is 11.5 Å². The molecule has 0 bridgehead atoms. The topological polar surface area (TPSA) is 78.9 Å². The molecule has 5 aromatic rings. The van der Waals surface area contributed by atoms with Crippen molar-refractivity contribution >= 4 is 55.6 Å². The van der Waals surface area contributed by atoms with Crippen molar-refractivity contribution in [2.45, 2.75) is 0 Å². The quantitative estimate of drug-likeness (QED) is 0.184. The number of furan rings is 1. The number of para-hydroxylation sites is 1. The molecule has 36 heavy (non-hydrogen) atoms. The van der Waals surface area contributed by atoms with Crippen LogP contribution in [0.2, 0.25) is 5.02 Å². The van der Waals surface area contributed by atoms with E-state index < -0.39 is 0 Å². The van der Waals surface area contributed by atoms with E-state index in [1.807, 2.05) is 6.07 Å². The number of benzene rings is 3. The van der Waals surface area contributed by atoms with Crippen molar-refractivity contribution < 1.29 is 13.9 Å². The fraction of sp³-hybridized carbons (Fsp3) is 0.0741. The van der Waals surface area contributed by atoms with Gasteiger partial charge >= 0.3 is 0 Å². The molecule has 2 heterocycles. The van der Waals surface area contributed by atoms with Crippen molar-refractivity contribution in [2.75, 3.05) is 13.7 Å². The third kappa shape index (κ3) is 4.47. The molecule has 2 aromatic heterocycles. The molecule has 0 amide bonds. The number of halogens is 2. The largest absolute Gasteiger partial charge is 0.493 e. The summed E-state index contributed by atoms with van der Waals surface area (Å²) in [6.07, 6.45) is 6.87. The molecule has 0 aliphatic carbocycles. The molecule has 0 unspecified atom stereocenters. The van der Waals surface area contributed by atoms with E-state index in [-0.39, 0.29) is 18.0 Å². The first kappa shape index (κ1) is 23.7. The monoisotopic (exact) mass is 561 g/mol. The Hall–Kier alpha value is -4.06. The molecular formula is C27H17BrClN3O4. The van der Waals surface area contributed by atoms with Gasteiger partial charge in [-0.3, -0.25) is 4.79 Å². The van der Waals surface area contributed by atoms with Crippen LogP contribution >= 0.6 is 27.5 Å². The average molecular weight is 563 g/mol. The summed E-state index contributed by atoms with van der Waals surface area (Å²) in [5, 5.41) is 6.25. The van der Waals surface area contributed by atoms with Crippen LogP contribution in [0.15, 0.2) is 79.4 Å². The van der Waals surface area contributed by atoms with Crippen LogP contribution in [0.1, 0.15) is 5.56 Å². The molecule has 0 aliphatic rings. The zero-order valence-corrected chi connectivity index (χ0v) is 21.2. The van der Waals surface area contributed by atoms with E-state index in [1.54, 1.807) is 54.6 Å². The van der Waals surface area contributed by atoms with Gasteiger partial charge in [0.05, 0.1) is 24.2 Å². The van der Waals surface area contributed by atoms with E-state index in [4.69, 9.17) is 36.9 Å². The van der Waals surface area contributed by atoms with Crippen LogP contribution < -0.4 is 15.0 Å². The number of methoxy groups -OCH3 is 1. The summed E-state index contributed by atoms with van der Waals surface area (Å²) < 4.78 is 19.1. The Balaban J connectivity index is 1.72. The number of aromatic nitrogens is 2. The second-order valence-electron chi connectivity index (χ2n) is 7.63. The van der Waals surface area contributed by atoms with Crippen molar-refractivity contribution in [3.05, 3.63) is 86.1 Å². The molecule has 0 N–H and O–H groups in total. The summed E-state index contributed by atoms with van der Waals surface area (Å²) in [6, 6.07) is 17.6. The van der Waals surface area contributed by atoms with Gasteiger partial charge in [-0.05, 0) is 48.5 Å². The minimum Gasteiger partial charge on any atom is -0.493 e. The first-order chi connectivity index (χ1) is 17.5. The predicted octanol–water partition coefficient (Wildman–Crippen LogP) is 6.13. The van der Waals surface area contributed by atoms with Gasteiger partial charge in [0, 0.05) is 20.4 Å². The van der Waals surface area contributed by atoms with Gasteiger partial charge in [0.2, 0.25) is 5.82 Å². The Morgan fingerprint density at radius 3 is 2.86 bits per heavy atom. The standard InChI is InChI=1S/C27H17BrClN3O4/c1-3-10-35-25-17(11-18(28)14-23(25)34-2)15-30-32-26(31-21-7-5-4-6-20(21)27(32)33)24-13-16-12-19(29)8-9-22(16)36-24/h1,4-9,11-15H,10H2,2H3. The fourth-order valence-electron chi connectivity index (χ4n) is 3.74. The SMILES string of the molecule is C#CCOc1c(C=Nn2c(-c3cc4cc(Cl)ccc4o3)nc3ccccc3c2=O)cc(Br)cc1OC. The van der Waals surface area contributed by atoms with Gasteiger partial charge in [-0.2, -0.15) is 9.78 Å². The van der Waals surface area contributed by atoms with Crippen molar-refractivity contribution in [3.63, 3.8) is 0 Å². The summed E-state index contributed by atoms with van der Waals surface area (Å²) in [5.74, 6) is 3.88. The van der Waals surface area contributed by atoms with Crippen molar-refractivity contribution in [1.29, 1.82) is 0 Å². The van der Waals surface area contributed by atoms with Gasteiger partial charge in [0.1, 0.15) is 12.2 Å². The van der Waals surface area contributed by atoms with Crippen LogP contribution in [0, 0.1) is 12.3 Å². The van der Waals surface area contributed by atoms with Crippen molar-refractivity contribution in [1.82, 2.24) is 9.66 Å². The highest BCUT2D eigenvalue weighted by atomic mass is 79.9. The van der Waals surface area contributed by atoms with Gasteiger partial charge in [-0.25, -0.2) is 4.98 Å². The third-order valence-electron chi connectivity index (χ3n) is 5.33. The maximum atomic E-state index is 13.5. The highest BCUT2D eigenvalue weighted by Crippen LogP contribution is 2.34. The van der Waals surface area contributed by atoms with Gasteiger partial charge in [0.25, 0.3) is 5.56 Å². The lowest BCUT2D eigenvalue weighted by molar-refractivity contribution is 0.330. The molecule has 9 heteroatoms. The van der Waals surface area contributed by atoms with E-state index in [0.717, 1.165) is 9.86 Å². The molecule has 7 nitrogen and oxygen atoms in total. The fourth-order valence-corrected chi connectivity index (χ4v) is 4.37. The normalized spacial score (nSPS) is 11.3. The Kier molecular flexibility index (Phi) is 6.51. The smallest absolute Gasteiger partial charge is 0.282 e. The lowest BCUT2D eigenvalue weighted by atomic mass is 10.2. The first-order valence-corrected chi connectivity index (χ1v) is 11.8. The van der Waals surface area contributed by atoms with Crippen LogP contribution in [-0.4, -0.2) is 29.6 Å². The zero-order valence-electron chi connectivity index (χ0n) is 18.9. The average Bonchev–Trinajstić information content (AvgIpc) is 3.30. The van der Waals surface area contributed by atoms with Crippen LogP contribution in [0.3, 0.4) is 0 Å². The summed E-state index contributed by atoms with van der Waals surface area (Å²) in [4.78, 5) is 18.2. The Morgan fingerprint density at radius 2 is 2.06 bits per heavy atom. The molecule has 0 saturated heterocycles. The Bertz CT molecular complexity index is 1750. The van der Waals surface area contributed by atoms with Gasteiger partial charge in [0.15, 0.2) is 17.3 Å². The second kappa shape index (κ2) is 9.90. The van der Waals surface area contributed by atoms with Gasteiger partial charge in [-0.1, -0.05) is 45.6 Å². The first-order valence-electron chi connectivity index (χ1n) is 10.7. The molecule has 3 aromatic carbocycles. The molecule has 0 radical (unpaired) electrons. The number of rotatable bonds is 6. The summed E-state index contributed by atoms with van der Waals surface area (Å²) in [7, 11) is 1.52. The number of fused-ring (bicyclic) bond motifs is 2. The molecule has 0 spiro atoms. The maximum absolute atomic E-state index is 13.5. The molecular weight excluding hydrogens is 546 g/mol. The Morgan fingerprint density at radius 1 is 1.22 bits per heavy atom. The minimum atomic E-state index is -0.363. The third-order valence-corrected chi connectivity index (χ3v) is 6.03. The summed E-state index contributed by atoms with van der Waals surface area (Å²) >= 11 is 9.60. The number of nitrogens with zero attached hydrogens (tertiary/aromatic N) is 3. The summed E-state index contributed by atoms with van der Waals surface area (Å²) in [6.45, 7) is 0.0309. The van der Waals surface area contributed by atoms with E-state index in [1.165, 1.54) is 18.0 Å². The van der Waals surface area contributed by atoms with E-state index >= 15 is 0 Å². The number of ether oxygens (including phenoxy) is 2. The van der Waals surface area contributed by atoms with Gasteiger partial charge in [-0.15, -0.1) is 6.42 Å². The molecule has 178 valence electrons. The number of terminal acetylenes is 1. The molecule has 0 fully saturated rings. The van der Waals surface area contributed by atoms with Crippen LogP contribution in [-0.2, 0) is 0 Å². The maximum Gasteiger partial charge on any atom is 0.282 e. The lowest BCUT2D eigenvalue weighted by Gasteiger charge is -2.12. The molecule has 5 rings (SSSR count). The zero-order chi connectivity index (χ0) is 25.2. The molecule has 0 saturated carbocycles. The number of hydrogen-bond donors (Lipinski definition) is 0. The number of hydrogen-bond acceptors (Lipinski definition) is 6. The lowest BCUT2D eigenvalue weighted by Crippen LogP contribution is -2.20. The van der Waals surface area contributed by atoms with Gasteiger partial charge < -0.3 is 13.9 Å². The minimum absolute atomic E-state index is 0.0309. The molecule has 0 atom stereocenters. The highest BCUT2D eigenvalue weighted by molar-refractivity contribution is 9.10. The van der Waals surface area contributed by atoms with Crippen LogP contribution in [0.4, 0.5) is 0 Å². The van der Waals surface area contributed by atoms with Crippen molar-refractivity contribution in [3.8, 4) is 35.4 Å². The predicted molar refractivity (Wildman–Crippen MR) is 144 cm³/mol. The second-order valence-corrected chi connectivity index (χ2v) is 8.98. The van der Waals surface area contributed by atoms with Crippen LogP contribution in [0.25, 0.3) is 33.5 Å². The Labute approximate surface area is 219 Å². The highest BCUT2D eigenvalue weighted by Gasteiger charge is 2.17. The molecule has 0 aliphatic heterocycles. The summed E-state index contributed by atoms with van der Waals surface area (Å²) in [5.41, 5.74) is 1.30. The van der Waals surface area contributed by atoms with Crippen molar-refractivity contribution in [2.24, 2.45) is 5.10 Å². The van der Waals surface area contributed by atoms with E-state index in [0.29, 0.717) is 44.3 Å².